The van der Waals surface area contributed by atoms with Crippen LogP contribution in [0.4, 0.5) is 0 Å². The molecule has 0 saturated heterocycles. The van der Waals surface area contributed by atoms with Crippen LogP contribution in [0.25, 0.3) is 0 Å². The summed E-state index contributed by atoms with van der Waals surface area (Å²) in [5.74, 6) is -1.61. The molecule has 0 N–H and O–H groups in total. The van der Waals surface area contributed by atoms with Gasteiger partial charge in [-0.2, -0.15) is 0 Å². The zero-order valence-electron chi connectivity index (χ0n) is 10.2. The Morgan fingerprint density at radius 2 is 1.95 bits per heavy atom. The molecule has 0 spiro atoms. The number of allylic oxidation sites excluding steroid dienone is 1. The van der Waals surface area contributed by atoms with Crippen molar-refractivity contribution in [3.05, 3.63) is 39.9 Å². The lowest BCUT2D eigenvalue weighted by molar-refractivity contribution is -0.307. The number of aliphatic carboxylic acids is 1. The molecule has 1 aromatic carbocycles. The molecule has 1 rings (SSSR count). The van der Waals surface area contributed by atoms with Crippen LogP contribution in [0.1, 0.15) is 23.7 Å². The van der Waals surface area contributed by atoms with Gasteiger partial charge in [0.2, 0.25) is 0 Å². The number of carboxylic acid groups (broad SMARTS) is 1. The SMILES string of the molecule is C=C(CC)C(=O)c1ccc(OCC(=O)[O-])c(Cl)c1Cl. The highest BCUT2D eigenvalue weighted by Crippen LogP contribution is 2.35. The number of ketones is 1. The topological polar surface area (TPSA) is 66.4 Å². The van der Waals surface area contributed by atoms with Crippen LogP contribution in [-0.4, -0.2) is 18.4 Å². The second-order valence-electron chi connectivity index (χ2n) is 3.69. The van der Waals surface area contributed by atoms with E-state index in [0.717, 1.165) is 0 Å². The number of rotatable bonds is 6. The van der Waals surface area contributed by atoms with Crippen molar-refractivity contribution < 1.29 is 19.4 Å². The third kappa shape index (κ3) is 3.72. The number of carboxylic acids is 1. The largest absolute Gasteiger partial charge is 0.546 e. The molecular formula is C13H11Cl2O4-. The quantitative estimate of drug-likeness (QED) is 0.597. The van der Waals surface area contributed by atoms with Gasteiger partial charge in [-0.25, -0.2) is 0 Å². The van der Waals surface area contributed by atoms with E-state index in [4.69, 9.17) is 27.9 Å². The maximum atomic E-state index is 11.9. The highest BCUT2D eigenvalue weighted by Gasteiger charge is 2.17. The van der Waals surface area contributed by atoms with Crippen molar-refractivity contribution in [3.8, 4) is 5.75 Å². The molecule has 0 saturated carbocycles. The molecule has 19 heavy (non-hydrogen) atoms. The maximum Gasteiger partial charge on any atom is 0.189 e. The highest BCUT2D eigenvalue weighted by molar-refractivity contribution is 6.45. The van der Waals surface area contributed by atoms with Gasteiger partial charge < -0.3 is 14.6 Å². The summed E-state index contributed by atoms with van der Waals surface area (Å²) in [5.41, 5.74) is 0.612. The van der Waals surface area contributed by atoms with Crippen LogP contribution in [0.15, 0.2) is 24.3 Å². The van der Waals surface area contributed by atoms with Gasteiger partial charge in [-0.1, -0.05) is 36.7 Å². The standard InChI is InChI=1S/C13H12Cl2O4/c1-3-7(2)13(18)8-4-5-9(12(15)11(8)14)19-6-10(16)17/h4-5H,2-3,6H2,1H3,(H,16,17)/p-1. The fourth-order valence-corrected chi connectivity index (χ4v) is 1.77. The number of Topliss-reactive ketones (excluding diaryl/α,β-unsaturated/α-hetero) is 1. The minimum atomic E-state index is -1.38. The Hall–Kier alpha value is -1.52. The van der Waals surface area contributed by atoms with Crippen LogP contribution in [0.5, 0.6) is 5.75 Å². The number of hydrogen-bond donors (Lipinski definition) is 0. The van der Waals surface area contributed by atoms with Gasteiger partial charge in [0.1, 0.15) is 17.4 Å². The molecule has 0 unspecified atom stereocenters. The van der Waals surface area contributed by atoms with Gasteiger partial charge in [0.05, 0.1) is 11.0 Å². The summed E-state index contributed by atoms with van der Waals surface area (Å²) in [7, 11) is 0. The number of ether oxygens (including phenoxy) is 1. The van der Waals surface area contributed by atoms with Gasteiger partial charge >= 0.3 is 0 Å². The van der Waals surface area contributed by atoms with Gasteiger partial charge in [0, 0.05) is 5.56 Å². The highest BCUT2D eigenvalue weighted by atomic mass is 35.5. The van der Waals surface area contributed by atoms with E-state index in [1.54, 1.807) is 6.92 Å². The summed E-state index contributed by atoms with van der Waals surface area (Å²) in [6.45, 7) is 4.78. The Balaban J connectivity index is 3.07. The molecule has 0 amide bonds. The molecule has 0 aliphatic carbocycles. The Kier molecular flexibility index (Phi) is 5.39. The molecule has 0 heterocycles. The minimum absolute atomic E-state index is 0.0112. The predicted molar refractivity (Wildman–Crippen MR) is 70.7 cm³/mol. The lowest BCUT2D eigenvalue weighted by Gasteiger charge is -2.12. The number of halogens is 2. The van der Waals surface area contributed by atoms with Crippen molar-refractivity contribution in [1.29, 1.82) is 0 Å². The summed E-state index contributed by atoms with van der Waals surface area (Å²) in [6, 6.07) is 2.80. The number of hydrogen-bond acceptors (Lipinski definition) is 4. The molecule has 0 aliphatic heterocycles. The summed E-state index contributed by atoms with van der Waals surface area (Å²) in [6.07, 6.45) is 0.496. The normalized spacial score (nSPS) is 10.1. The molecular weight excluding hydrogens is 291 g/mol. The van der Waals surface area contributed by atoms with Gasteiger partial charge in [-0.3, -0.25) is 4.79 Å². The average molecular weight is 302 g/mol. The van der Waals surface area contributed by atoms with Crippen molar-refractivity contribution in [2.45, 2.75) is 13.3 Å². The molecule has 0 aromatic heterocycles. The molecule has 0 atom stereocenters. The van der Waals surface area contributed by atoms with Crippen LogP contribution in [-0.2, 0) is 4.79 Å². The summed E-state index contributed by atoms with van der Waals surface area (Å²) >= 11 is 11.9. The van der Waals surface area contributed by atoms with Gasteiger partial charge in [0.15, 0.2) is 5.78 Å². The molecule has 0 bridgehead atoms. The molecule has 0 radical (unpaired) electrons. The van der Waals surface area contributed by atoms with Gasteiger partial charge in [0.25, 0.3) is 0 Å². The van der Waals surface area contributed by atoms with Crippen molar-refractivity contribution in [3.63, 3.8) is 0 Å². The van der Waals surface area contributed by atoms with Gasteiger partial charge in [-0.15, -0.1) is 0 Å². The number of carbonyl (C=O) groups excluding carboxylic acids is 2. The second-order valence-corrected chi connectivity index (χ2v) is 4.44. The van der Waals surface area contributed by atoms with E-state index in [-0.39, 0.29) is 27.1 Å². The zero-order chi connectivity index (χ0) is 14.6. The van der Waals surface area contributed by atoms with Crippen molar-refractivity contribution in [2.75, 3.05) is 6.61 Å². The Bertz CT molecular complexity index is 538. The fraction of sp³-hybridized carbons (Fsp3) is 0.231. The first-order valence-corrected chi connectivity index (χ1v) is 6.17. The van der Waals surface area contributed by atoms with E-state index < -0.39 is 12.6 Å². The third-order valence-corrected chi connectivity index (χ3v) is 3.25. The molecule has 102 valence electrons. The van der Waals surface area contributed by atoms with E-state index in [1.807, 2.05) is 0 Å². The first kappa shape index (κ1) is 15.5. The van der Waals surface area contributed by atoms with E-state index in [2.05, 4.69) is 6.58 Å². The third-order valence-electron chi connectivity index (χ3n) is 2.38. The van der Waals surface area contributed by atoms with Gasteiger partial charge in [-0.05, 0) is 24.1 Å². The van der Waals surface area contributed by atoms with Crippen molar-refractivity contribution in [2.24, 2.45) is 0 Å². The monoisotopic (exact) mass is 301 g/mol. The molecule has 4 nitrogen and oxygen atoms in total. The van der Waals surface area contributed by atoms with E-state index >= 15 is 0 Å². The van der Waals surface area contributed by atoms with Crippen LogP contribution in [0.2, 0.25) is 10.0 Å². The zero-order valence-corrected chi connectivity index (χ0v) is 11.7. The smallest absolute Gasteiger partial charge is 0.189 e. The molecule has 6 heteroatoms. The summed E-state index contributed by atoms with van der Waals surface area (Å²) in [5, 5.41) is 10.3. The van der Waals surface area contributed by atoms with Crippen LogP contribution in [0.3, 0.4) is 0 Å². The first-order valence-electron chi connectivity index (χ1n) is 5.41. The Morgan fingerprint density at radius 3 is 2.47 bits per heavy atom. The Morgan fingerprint density at radius 1 is 1.32 bits per heavy atom. The van der Waals surface area contributed by atoms with E-state index in [0.29, 0.717) is 12.0 Å². The Labute approximate surface area is 120 Å². The molecule has 1 aromatic rings. The summed E-state index contributed by atoms with van der Waals surface area (Å²) in [4.78, 5) is 22.2. The molecule has 0 fully saturated rings. The number of benzene rings is 1. The van der Waals surface area contributed by atoms with E-state index in [1.165, 1.54) is 12.1 Å². The minimum Gasteiger partial charge on any atom is -0.546 e. The number of carbonyl (C=O) groups is 2. The lowest BCUT2D eigenvalue weighted by Crippen LogP contribution is -2.29. The maximum absolute atomic E-state index is 11.9. The van der Waals surface area contributed by atoms with Crippen molar-refractivity contribution >= 4 is 35.0 Å². The van der Waals surface area contributed by atoms with Crippen LogP contribution < -0.4 is 9.84 Å². The average Bonchev–Trinajstić information content (AvgIpc) is 2.38. The van der Waals surface area contributed by atoms with Crippen LogP contribution >= 0.6 is 23.2 Å². The predicted octanol–water partition coefficient (Wildman–Crippen LogP) is 2.27. The first-order chi connectivity index (χ1) is 8.88. The molecule has 0 aliphatic rings. The fourth-order valence-electron chi connectivity index (χ4n) is 1.31. The van der Waals surface area contributed by atoms with Crippen LogP contribution in [0, 0.1) is 0 Å². The second kappa shape index (κ2) is 6.59. The van der Waals surface area contributed by atoms with Crippen molar-refractivity contribution in [1.82, 2.24) is 0 Å². The van der Waals surface area contributed by atoms with E-state index in [9.17, 15) is 14.7 Å². The summed E-state index contributed by atoms with van der Waals surface area (Å²) < 4.78 is 4.89. The lowest BCUT2D eigenvalue weighted by atomic mass is 10.0.